The molecular formula is C9H18N4. The second-order valence-electron chi connectivity index (χ2n) is 3.11. The maximum Gasteiger partial charge on any atom is 0.138 e. The van der Waals surface area contributed by atoms with Crippen molar-refractivity contribution in [2.75, 3.05) is 13.1 Å². The molecule has 1 heterocycles. The van der Waals surface area contributed by atoms with Gasteiger partial charge >= 0.3 is 0 Å². The molecule has 0 saturated carbocycles. The van der Waals surface area contributed by atoms with Crippen LogP contribution in [-0.2, 0) is 13.5 Å². The molecule has 1 aromatic heterocycles. The van der Waals surface area contributed by atoms with Crippen LogP contribution < -0.4 is 5.32 Å². The van der Waals surface area contributed by atoms with Crippen LogP contribution in [0.5, 0.6) is 0 Å². The molecule has 4 heteroatoms. The van der Waals surface area contributed by atoms with E-state index in [0.717, 1.165) is 25.3 Å². The summed E-state index contributed by atoms with van der Waals surface area (Å²) in [5.41, 5.74) is 0. The van der Waals surface area contributed by atoms with Gasteiger partial charge in [0.1, 0.15) is 12.2 Å². The van der Waals surface area contributed by atoms with Gasteiger partial charge < -0.3 is 5.32 Å². The average Bonchev–Trinajstić information content (AvgIpc) is 2.52. The molecule has 0 spiro atoms. The highest BCUT2D eigenvalue weighted by Gasteiger charge is 1.98. The Kier molecular flexibility index (Phi) is 4.46. The van der Waals surface area contributed by atoms with Gasteiger partial charge in [-0.2, -0.15) is 5.10 Å². The van der Waals surface area contributed by atoms with Crippen LogP contribution in [0.15, 0.2) is 6.33 Å². The van der Waals surface area contributed by atoms with Crippen molar-refractivity contribution in [3.8, 4) is 0 Å². The van der Waals surface area contributed by atoms with Crippen LogP contribution in [0.1, 0.15) is 25.6 Å². The summed E-state index contributed by atoms with van der Waals surface area (Å²) in [7, 11) is 1.94. The zero-order chi connectivity index (χ0) is 9.52. The van der Waals surface area contributed by atoms with Crippen LogP contribution in [0, 0.1) is 0 Å². The molecule has 74 valence electrons. The normalized spacial score (nSPS) is 10.6. The zero-order valence-electron chi connectivity index (χ0n) is 8.45. The quantitative estimate of drug-likeness (QED) is 0.660. The molecule has 0 saturated heterocycles. The van der Waals surface area contributed by atoms with Gasteiger partial charge in [-0.15, -0.1) is 0 Å². The van der Waals surface area contributed by atoms with E-state index in [1.807, 2.05) is 11.7 Å². The lowest BCUT2D eigenvalue weighted by Crippen LogP contribution is -2.14. The standard InChI is InChI=1S/C9H18N4/c1-3-10-7-5-4-6-9-11-8-12-13(9)2/h8,10H,3-7H2,1-2H3. The van der Waals surface area contributed by atoms with Crippen molar-refractivity contribution in [1.82, 2.24) is 20.1 Å². The Morgan fingerprint density at radius 3 is 2.92 bits per heavy atom. The number of hydrogen-bond acceptors (Lipinski definition) is 3. The highest BCUT2D eigenvalue weighted by atomic mass is 15.3. The minimum atomic E-state index is 1.03. The van der Waals surface area contributed by atoms with Crippen LogP contribution in [0.4, 0.5) is 0 Å². The number of aromatic nitrogens is 3. The minimum absolute atomic E-state index is 1.03. The SMILES string of the molecule is CCNCCCCc1ncnn1C. The molecule has 1 aromatic rings. The first-order valence-electron chi connectivity index (χ1n) is 4.88. The van der Waals surface area contributed by atoms with Gasteiger partial charge in [0, 0.05) is 13.5 Å². The second kappa shape index (κ2) is 5.70. The van der Waals surface area contributed by atoms with Gasteiger partial charge in [-0.1, -0.05) is 6.92 Å². The van der Waals surface area contributed by atoms with E-state index in [4.69, 9.17) is 0 Å². The molecular weight excluding hydrogens is 164 g/mol. The fraction of sp³-hybridized carbons (Fsp3) is 0.778. The molecule has 0 fully saturated rings. The van der Waals surface area contributed by atoms with Crippen LogP contribution in [0.3, 0.4) is 0 Å². The van der Waals surface area contributed by atoms with Crippen LogP contribution >= 0.6 is 0 Å². The first-order valence-corrected chi connectivity index (χ1v) is 4.88. The summed E-state index contributed by atoms with van der Waals surface area (Å²) in [5, 5.41) is 7.32. The van der Waals surface area contributed by atoms with Gasteiger partial charge in [0.2, 0.25) is 0 Å². The minimum Gasteiger partial charge on any atom is -0.317 e. The molecule has 1 N–H and O–H groups in total. The number of hydrogen-bond donors (Lipinski definition) is 1. The Morgan fingerprint density at radius 1 is 1.46 bits per heavy atom. The monoisotopic (exact) mass is 182 g/mol. The van der Waals surface area contributed by atoms with Gasteiger partial charge in [0.15, 0.2) is 0 Å². The Labute approximate surface area is 79.4 Å². The Hall–Kier alpha value is -0.900. The van der Waals surface area contributed by atoms with E-state index in [2.05, 4.69) is 22.3 Å². The molecule has 13 heavy (non-hydrogen) atoms. The predicted octanol–water partition coefficient (Wildman–Crippen LogP) is 0.747. The van der Waals surface area contributed by atoms with Crippen LogP contribution in [0.25, 0.3) is 0 Å². The highest BCUT2D eigenvalue weighted by Crippen LogP contribution is 1.98. The number of nitrogens with zero attached hydrogens (tertiary/aromatic N) is 3. The summed E-state index contributed by atoms with van der Waals surface area (Å²) in [6, 6.07) is 0. The second-order valence-corrected chi connectivity index (χ2v) is 3.11. The Bertz CT molecular complexity index is 231. The van der Waals surface area contributed by atoms with Crippen LogP contribution in [0.2, 0.25) is 0 Å². The van der Waals surface area contributed by atoms with E-state index in [1.165, 1.54) is 12.8 Å². The fourth-order valence-corrected chi connectivity index (χ4v) is 1.26. The van der Waals surface area contributed by atoms with E-state index in [9.17, 15) is 0 Å². The molecule has 0 amide bonds. The van der Waals surface area contributed by atoms with E-state index in [-0.39, 0.29) is 0 Å². The molecule has 0 bridgehead atoms. The highest BCUT2D eigenvalue weighted by molar-refractivity contribution is 4.82. The van der Waals surface area contributed by atoms with Gasteiger partial charge in [0.05, 0.1) is 0 Å². The average molecular weight is 182 g/mol. The van der Waals surface area contributed by atoms with Crippen LogP contribution in [-0.4, -0.2) is 27.9 Å². The first-order chi connectivity index (χ1) is 6.34. The van der Waals surface area contributed by atoms with Gasteiger partial charge in [0.25, 0.3) is 0 Å². The van der Waals surface area contributed by atoms with Gasteiger partial charge in [-0.3, -0.25) is 4.68 Å². The Balaban J connectivity index is 2.10. The summed E-state index contributed by atoms with van der Waals surface area (Å²) in [6.07, 6.45) is 5.03. The molecule has 0 aliphatic heterocycles. The molecule has 0 aromatic carbocycles. The van der Waals surface area contributed by atoms with Gasteiger partial charge in [-0.25, -0.2) is 4.98 Å². The lowest BCUT2D eigenvalue weighted by Gasteiger charge is -2.01. The molecule has 0 atom stereocenters. The lowest BCUT2D eigenvalue weighted by atomic mass is 10.2. The zero-order valence-corrected chi connectivity index (χ0v) is 8.45. The third kappa shape index (κ3) is 3.55. The van der Waals surface area contributed by atoms with E-state index >= 15 is 0 Å². The van der Waals surface area contributed by atoms with Crippen molar-refractivity contribution in [2.24, 2.45) is 7.05 Å². The summed E-state index contributed by atoms with van der Waals surface area (Å²) in [5.74, 6) is 1.08. The van der Waals surface area contributed by atoms with Crippen molar-refractivity contribution in [3.63, 3.8) is 0 Å². The summed E-state index contributed by atoms with van der Waals surface area (Å²) >= 11 is 0. The van der Waals surface area contributed by atoms with E-state index in [0.29, 0.717) is 0 Å². The summed E-state index contributed by atoms with van der Waals surface area (Å²) < 4.78 is 1.84. The Morgan fingerprint density at radius 2 is 2.31 bits per heavy atom. The van der Waals surface area contributed by atoms with Crippen molar-refractivity contribution < 1.29 is 0 Å². The number of rotatable bonds is 6. The van der Waals surface area contributed by atoms with Crippen molar-refractivity contribution in [3.05, 3.63) is 12.2 Å². The van der Waals surface area contributed by atoms with E-state index in [1.54, 1.807) is 6.33 Å². The van der Waals surface area contributed by atoms with Gasteiger partial charge in [-0.05, 0) is 25.9 Å². The maximum absolute atomic E-state index is 4.17. The topological polar surface area (TPSA) is 42.7 Å². The molecule has 4 nitrogen and oxygen atoms in total. The van der Waals surface area contributed by atoms with Crippen molar-refractivity contribution in [2.45, 2.75) is 26.2 Å². The first kappa shape index (κ1) is 10.2. The van der Waals surface area contributed by atoms with E-state index < -0.39 is 0 Å². The van der Waals surface area contributed by atoms with Crippen molar-refractivity contribution >= 4 is 0 Å². The summed E-state index contributed by atoms with van der Waals surface area (Å²) in [4.78, 5) is 4.17. The fourth-order valence-electron chi connectivity index (χ4n) is 1.26. The molecule has 0 unspecified atom stereocenters. The largest absolute Gasteiger partial charge is 0.317 e. The predicted molar refractivity (Wildman–Crippen MR) is 52.5 cm³/mol. The molecule has 0 aliphatic carbocycles. The number of unbranched alkanes of at least 4 members (excludes halogenated alkanes) is 1. The number of nitrogens with one attached hydrogen (secondary N) is 1. The molecule has 0 aliphatic rings. The number of aryl methyl sites for hydroxylation is 2. The maximum atomic E-state index is 4.17. The summed E-state index contributed by atoms with van der Waals surface area (Å²) in [6.45, 7) is 4.29. The molecule has 1 rings (SSSR count). The van der Waals surface area contributed by atoms with Crippen molar-refractivity contribution in [1.29, 1.82) is 0 Å². The third-order valence-corrected chi connectivity index (χ3v) is 2.06. The lowest BCUT2D eigenvalue weighted by molar-refractivity contribution is 0.611. The third-order valence-electron chi connectivity index (χ3n) is 2.06. The smallest absolute Gasteiger partial charge is 0.138 e. The molecule has 0 radical (unpaired) electrons.